The molecule has 0 heterocycles. The molecule has 0 aliphatic rings. The zero-order valence-electron chi connectivity index (χ0n) is 12.6. The van der Waals surface area contributed by atoms with Crippen LogP contribution in [0.15, 0.2) is 0 Å². The number of nitrogens with one attached hydrogen (secondary N) is 2. The second-order valence-corrected chi connectivity index (χ2v) is 5.18. The van der Waals surface area contributed by atoms with Crippen LogP contribution in [0.2, 0.25) is 0 Å². The van der Waals surface area contributed by atoms with Crippen molar-refractivity contribution in [2.45, 2.75) is 71.1 Å². The molecule has 0 unspecified atom stereocenters. The van der Waals surface area contributed by atoms with Crippen LogP contribution >= 0.6 is 0 Å². The average Bonchev–Trinajstić information content (AvgIpc) is 2.39. The molecule has 0 aliphatic carbocycles. The lowest BCUT2D eigenvalue weighted by Gasteiger charge is -2.05. The predicted octanol–water partition coefficient (Wildman–Crippen LogP) is 3.92. The molecule has 0 aromatic rings. The summed E-state index contributed by atoms with van der Waals surface area (Å²) in [7, 11) is 0. The van der Waals surface area contributed by atoms with Gasteiger partial charge in [0.05, 0.1) is 0 Å². The second-order valence-electron chi connectivity index (χ2n) is 5.18. The summed E-state index contributed by atoms with van der Waals surface area (Å²) in [6.45, 7) is 10.9. The molecule has 2 N–H and O–H groups in total. The van der Waals surface area contributed by atoms with Crippen molar-refractivity contribution in [3.05, 3.63) is 6.92 Å². The van der Waals surface area contributed by atoms with Crippen LogP contribution in [0.1, 0.15) is 71.1 Å². The highest BCUT2D eigenvalue weighted by molar-refractivity contribution is 4.53. The summed E-state index contributed by atoms with van der Waals surface area (Å²) in [5, 5.41) is 7.03. The van der Waals surface area contributed by atoms with E-state index in [2.05, 4.69) is 24.5 Å². The Bertz CT molecular complexity index is 121. The van der Waals surface area contributed by atoms with Gasteiger partial charge in [-0.25, -0.2) is 0 Å². The monoisotopic (exact) mass is 255 g/mol. The molecule has 0 saturated carbocycles. The Morgan fingerprint density at radius 1 is 0.611 bits per heavy atom. The van der Waals surface area contributed by atoms with Gasteiger partial charge in [-0.15, -0.1) is 0 Å². The third kappa shape index (κ3) is 15.9. The van der Waals surface area contributed by atoms with Crippen LogP contribution in [-0.4, -0.2) is 26.2 Å². The van der Waals surface area contributed by atoms with Crippen LogP contribution in [0.4, 0.5) is 0 Å². The lowest BCUT2D eigenvalue weighted by atomic mass is 10.2. The summed E-state index contributed by atoms with van der Waals surface area (Å²) < 4.78 is 0. The first-order valence-corrected chi connectivity index (χ1v) is 8.12. The maximum atomic E-state index is 3.85. The van der Waals surface area contributed by atoms with Crippen LogP contribution in [0.25, 0.3) is 0 Å². The van der Waals surface area contributed by atoms with Crippen LogP contribution in [0, 0.1) is 6.92 Å². The van der Waals surface area contributed by atoms with E-state index in [1.165, 1.54) is 84.0 Å². The van der Waals surface area contributed by atoms with Crippen molar-refractivity contribution in [3.8, 4) is 0 Å². The van der Waals surface area contributed by atoms with Gasteiger partial charge in [0.15, 0.2) is 0 Å². The molecule has 0 rings (SSSR count). The Hall–Kier alpha value is -0.0800. The van der Waals surface area contributed by atoms with E-state index in [0.29, 0.717) is 0 Å². The van der Waals surface area contributed by atoms with Gasteiger partial charge in [-0.3, -0.25) is 0 Å². The Labute approximate surface area is 115 Å². The van der Waals surface area contributed by atoms with Crippen LogP contribution < -0.4 is 10.6 Å². The summed E-state index contributed by atoms with van der Waals surface area (Å²) in [6, 6.07) is 0. The first-order chi connectivity index (χ1) is 8.91. The van der Waals surface area contributed by atoms with Crippen molar-refractivity contribution >= 4 is 0 Å². The van der Waals surface area contributed by atoms with Gasteiger partial charge in [-0.1, -0.05) is 52.4 Å². The number of rotatable bonds is 15. The molecule has 0 spiro atoms. The molecule has 109 valence electrons. The zero-order valence-corrected chi connectivity index (χ0v) is 12.6. The van der Waals surface area contributed by atoms with E-state index in [1.54, 1.807) is 0 Å². The number of hydrogen-bond acceptors (Lipinski definition) is 2. The third-order valence-corrected chi connectivity index (χ3v) is 3.27. The van der Waals surface area contributed by atoms with Crippen molar-refractivity contribution in [2.75, 3.05) is 26.2 Å². The fraction of sp³-hybridized carbons (Fsp3) is 0.938. The average molecular weight is 255 g/mol. The molecule has 0 fully saturated rings. The van der Waals surface area contributed by atoms with E-state index < -0.39 is 0 Å². The molecule has 2 heteroatoms. The molecular formula is C16H35N2. The fourth-order valence-electron chi connectivity index (χ4n) is 2.03. The largest absolute Gasteiger partial charge is 0.317 e. The normalized spacial score (nSPS) is 11.0. The van der Waals surface area contributed by atoms with E-state index in [9.17, 15) is 0 Å². The molecule has 0 atom stereocenters. The lowest BCUT2D eigenvalue weighted by molar-refractivity contribution is 0.546. The first kappa shape index (κ1) is 17.9. The summed E-state index contributed by atoms with van der Waals surface area (Å²) in [4.78, 5) is 0. The van der Waals surface area contributed by atoms with Gasteiger partial charge in [0.25, 0.3) is 0 Å². The Morgan fingerprint density at radius 2 is 1.06 bits per heavy atom. The molecule has 0 amide bonds. The van der Waals surface area contributed by atoms with Gasteiger partial charge in [0, 0.05) is 0 Å². The van der Waals surface area contributed by atoms with Crippen molar-refractivity contribution in [3.63, 3.8) is 0 Å². The third-order valence-electron chi connectivity index (χ3n) is 3.27. The highest BCUT2D eigenvalue weighted by Gasteiger charge is 1.91. The maximum Gasteiger partial charge on any atom is -0.00489 e. The molecule has 0 aromatic carbocycles. The quantitative estimate of drug-likeness (QED) is 0.433. The Morgan fingerprint density at radius 3 is 1.50 bits per heavy atom. The van der Waals surface area contributed by atoms with Gasteiger partial charge in [-0.05, 0) is 51.9 Å². The minimum atomic E-state index is 1.08. The van der Waals surface area contributed by atoms with Gasteiger partial charge in [-0.2, -0.15) is 0 Å². The maximum absolute atomic E-state index is 3.85. The van der Waals surface area contributed by atoms with E-state index in [1.807, 2.05) is 0 Å². The molecule has 1 radical (unpaired) electrons. The summed E-state index contributed by atoms with van der Waals surface area (Å²) in [5.74, 6) is 0. The summed E-state index contributed by atoms with van der Waals surface area (Å²) in [6.07, 6.45) is 13.1. The molecule has 18 heavy (non-hydrogen) atoms. The van der Waals surface area contributed by atoms with Crippen molar-refractivity contribution in [1.29, 1.82) is 0 Å². The molecule has 0 aliphatic heterocycles. The van der Waals surface area contributed by atoms with E-state index >= 15 is 0 Å². The fourth-order valence-corrected chi connectivity index (χ4v) is 2.03. The topological polar surface area (TPSA) is 24.1 Å². The molecule has 2 nitrogen and oxygen atoms in total. The van der Waals surface area contributed by atoms with Crippen LogP contribution in [0.3, 0.4) is 0 Å². The van der Waals surface area contributed by atoms with Crippen molar-refractivity contribution < 1.29 is 0 Å². The predicted molar refractivity (Wildman–Crippen MR) is 82.9 cm³/mol. The van der Waals surface area contributed by atoms with Gasteiger partial charge < -0.3 is 10.6 Å². The smallest absolute Gasteiger partial charge is 0.00489 e. The minimum Gasteiger partial charge on any atom is -0.317 e. The Kier molecular flexibility index (Phi) is 16.8. The number of unbranched alkanes of at least 4 members (excludes halogenated alkanes) is 7. The zero-order chi connectivity index (χ0) is 13.3. The highest BCUT2D eigenvalue weighted by Crippen LogP contribution is 1.98. The highest BCUT2D eigenvalue weighted by atomic mass is 14.8. The van der Waals surface area contributed by atoms with Crippen molar-refractivity contribution in [1.82, 2.24) is 10.6 Å². The van der Waals surface area contributed by atoms with E-state index in [4.69, 9.17) is 0 Å². The van der Waals surface area contributed by atoms with Gasteiger partial charge >= 0.3 is 0 Å². The molecule has 0 bridgehead atoms. The van der Waals surface area contributed by atoms with Gasteiger partial charge in [0.1, 0.15) is 0 Å². The lowest BCUT2D eigenvalue weighted by Crippen LogP contribution is -2.18. The summed E-state index contributed by atoms with van der Waals surface area (Å²) in [5.41, 5.74) is 0. The first-order valence-electron chi connectivity index (χ1n) is 8.12. The van der Waals surface area contributed by atoms with E-state index in [0.717, 1.165) is 6.42 Å². The number of hydrogen-bond donors (Lipinski definition) is 2. The molecule has 0 aromatic heterocycles. The standard InChI is InChI=1S/C16H35N2/c1-3-5-7-10-14-18-16-12-8-11-15-17-13-9-6-4-2/h17-18H,2-16H2,1H3. The summed E-state index contributed by atoms with van der Waals surface area (Å²) >= 11 is 0. The van der Waals surface area contributed by atoms with E-state index in [-0.39, 0.29) is 0 Å². The SMILES string of the molecule is [CH2]CCCCNCCCCCNCCCCCC. The molecular weight excluding hydrogens is 220 g/mol. The Balaban J connectivity index is 2.86. The van der Waals surface area contributed by atoms with Crippen molar-refractivity contribution in [2.24, 2.45) is 0 Å². The minimum absolute atomic E-state index is 1.08. The molecule has 0 saturated heterocycles. The van der Waals surface area contributed by atoms with Crippen LogP contribution in [0.5, 0.6) is 0 Å². The van der Waals surface area contributed by atoms with Gasteiger partial charge in [0.2, 0.25) is 0 Å². The van der Waals surface area contributed by atoms with Crippen LogP contribution in [-0.2, 0) is 0 Å². The second kappa shape index (κ2) is 16.9.